The van der Waals surface area contributed by atoms with Gasteiger partial charge in [-0.2, -0.15) is 0 Å². The molecule has 0 saturated carbocycles. The molecule has 0 bridgehead atoms. The molecule has 0 spiro atoms. The lowest BCUT2D eigenvalue weighted by atomic mass is 10.3. The zero-order valence-electron chi connectivity index (χ0n) is 14.0. The summed E-state index contributed by atoms with van der Waals surface area (Å²) in [5.41, 5.74) is 0. The average molecular weight is 452 g/mol. The summed E-state index contributed by atoms with van der Waals surface area (Å²) in [4.78, 5) is 41.7. The highest BCUT2D eigenvalue weighted by Gasteiger charge is 2.28. The molecule has 1 unspecified atom stereocenters. The number of guanidine groups is 1. The Hall–Kier alpha value is -1.59. The van der Waals surface area contributed by atoms with Crippen molar-refractivity contribution in [2.75, 3.05) is 39.8 Å². The van der Waals surface area contributed by atoms with E-state index in [1.807, 2.05) is 11.8 Å². The minimum Gasteiger partial charge on any atom is -0.355 e. The van der Waals surface area contributed by atoms with E-state index in [0.29, 0.717) is 25.5 Å². The molecule has 0 aromatic rings. The summed E-state index contributed by atoms with van der Waals surface area (Å²) in [5.74, 6) is 0.549. The molecular formula is C14H25IN6O3. The molecule has 2 aliphatic rings. The number of likely N-dealkylation sites (tertiary alicyclic amines) is 1. The van der Waals surface area contributed by atoms with Crippen LogP contribution in [0.15, 0.2) is 4.99 Å². The first-order valence-corrected chi connectivity index (χ1v) is 7.88. The summed E-state index contributed by atoms with van der Waals surface area (Å²) in [6.45, 7) is 4.05. The van der Waals surface area contributed by atoms with Crippen molar-refractivity contribution in [2.24, 2.45) is 4.99 Å². The molecule has 10 heteroatoms. The van der Waals surface area contributed by atoms with Gasteiger partial charge in [0.1, 0.15) is 0 Å². The van der Waals surface area contributed by atoms with E-state index in [0.717, 1.165) is 13.0 Å². The summed E-state index contributed by atoms with van der Waals surface area (Å²) in [5, 5.41) is 8.82. The Morgan fingerprint density at radius 2 is 2.17 bits per heavy atom. The molecule has 2 fully saturated rings. The van der Waals surface area contributed by atoms with Crippen molar-refractivity contribution >= 4 is 47.8 Å². The molecule has 1 atom stereocenters. The second kappa shape index (κ2) is 9.64. The van der Waals surface area contributed by atoms with Gasteiger partial charge in [0.2, 0.25) is 11.8 Å². The van der Waals surface area contributed by atoms with Gasteiger partial charge in [0.05, 0.1) is 6.54 Å². The Balaban J connectivity index is 0.00000288. The maximum atomic E-state index is 11.7. The summed E-state index contributed by atoms with van der Waals surface area (Å²) in [7, 11) is 1.66. The first-order valence-electron chi connectivity index (χ1n) is 7.88. The second-order valence-corrected chi connectivity index (χ2v) is 5.53. The first-order chi connectivity index (χ1) is 11.0. The first kappa shape index (κ1) is 20.5. The van der Waals surface area contributed by atoms with Crippen LogP contribution in [0.5, 0.6) is 0 Å². The second-order valence-electron chi connectivity index (χ2n) is 5.53. The Morgan fingerprint density at radius 1 is 1.42 bits per heavy atom. The van der Waals surface area contributed by atoms with Crippen molar-refractivity contribution in [3.8, 4) is 0 Å². The Morgan fingerprint density at radius 3 is 2.75 bits per heavy atom. The van der Waals surface area contributed by atoms with E-state index in [9.17, 15) is 14.4 Å². The van der Waals surface area contributed by atoms with Crippen LogP contribution in [0.1, 0.15) is 19.8 Å². The molecule has 2 rings (SSSR count). The number of nitrogens with zero attached hydrogens (tertiary/aromatic N) is 3. The van der Waals surface area contributed by atoms with Gasteiger partial charge in [-0.3, -0.25) is 19.5 Å². The van der Waals surface area contributed by atoms with E-state index in [4.69, 9.17) is 0 Å². The third-order valence-electron chi connectivity index (χ3n) is 3.97. The molecule has 2 heterocycles. The lowest BCUT2D eigenvalue weighted by Gasteiger charge is -2.19. The normalized spacial score (nSPS) is 20.8. The average Bonchev–Trinajstić information content (AvgIpc) is 3.14. The maximum Gasteiger partial charge on any atom is 0.324 e. The minimum atomic E-state index is -0.357. The van der Waals surface area contributed by atoms with Gasteiger partial charge < -0.3 is 20.9 Å². The highest BCUT2D eigenvalue weighted by atomic mass is 127. The van der Waals surface area contributed by atoms with E-state index in [2.05, 4.69) is 20.9 Å². The summed E-state index contributed by atoms with van der Waals surface area (Å²) >= 11 is 0. The van der Waals surface area contributed by atoms with Crippen molar-refractivity contribution < 1.29 is 14.4 Å². The molecule has 2 saturated heterocycles. The van der Waals surface area contributed by atoms with Gasteiger partial charge in [0, 0.05) is 45.7 Å². The van der Waals surface area contributed by atoms with E-state index < -0.39 is 0 Å². The predicted molar refractivity (Wildman–Crippen MR) is 100 cm³/mol. The number of halogens is 1. The number of amides is 4. The number of carbonyl (C=O) groups is 3. The molecule has 3 N–H and O–H groups in total. The zero-order chi connectivity index (χ0) is 16.8. The van der Waals surface area contributed by atoms with Crippen LogP contribution in [0.3, 0.4) is 0 Å². The van der Waals surface area contributed by atoms with E-state index in [-0.39, 0.29) is 61.0 Å². The Bertz CT molecular complexity index is 497. The number of carbonyl (C=O) groups excluding carboxylic acids is 3. The third-order valence-corrected chi connectivity index (χ3v) is 3.97. The predicted octanol–water partition coefficient (Wildman–Crippen LogP) is -0.668. The molecular weight excluding hydrogens is 427 g/mol. The highest BCUT2D eigenvalue weighted by molar-refractivity contribution is 14.0. The van der Waals surface area contributed by atoms with Crippen LogP contribution >= 0.6 is 24.0 Å². The number of imide groups is 1. The zero-order valence-corrected chi connectivity index (χ0v) is 16.3. The van der Waals surface area contributed by atoms with Gasteiger partial charge >= 0.3 is 6.03 Å². The van der Waals surface area contributed by atoms with Crippen molar-refractivity contribution in [3.63, 3.8) is 0 Å². The highest BCUT2D eigenvalue weighted by Crippen LogP contribution is 2.10. The van der Waals surface area contributed by atoms with Gasteiger partial charge in [0.25, 0.3) is 0 Å². The topological polar surface area (TPSA) is 106 Å². The molecule has 24 heavy (non-hydrogen) atoms. The van der Waals surface area contributed by atoms with Crippen LogP contribution in [0.4, 0.5) is 4.79 Å². The molecule has 0 aromatic carbocycles. The molecule has 0 aliphatic carbocycles. The fourth-order valence-electron chi connectivity index (χ4n) is 2.68. The standard InChI is InChI=1S/C14H24N6O3.HI/c1-3-11(21)19-6-4-10(9-19)18-13(15-2)16-5-7-20-12(22)8-17-14(20)23;/h10H,3-9H2,1-2H3,(H,17,23)(H2,15,16,18);1H. The van der Waals surface area contributed by atoms with Gasteiger partial charge in [-0.15, -0.1) is 24.0 Å². The van der Waals surface area contributed by atoms with E-state index in [1.54, 1.807) is 7.05 Å². The quantitative estimate of drug-likeness (QED) is 0.222. The SMILES string of the molecule is CCC(=O)N1CCC(NC(=NC)NCCN2C(=O)CNC2=O)C1.I. The van der Waals surface area contributed by atoms with Crippen LogP contribution in [0.25, 0.3) is 0 Å². The summed E-state index contributed by atoms with van der Waals surface area (Å²) in [6.07, 6.45) is 1.39. The van der Waals surface area contributed by atoms with Crippen LogP contribution in [-0.2, 0) is 9.59 Å². The van der Waals surface area contributed by atoms with Gasteiger partial charge in [-0.25, -0.2) is 4.79 Å². The van der Waals surface area contributed by atoms with Crippen molar-refractivity contribution in [2.45, 2.75) is 25.8 Å². The molecule has 0 aromatic heterocycles. The van der Waals surface area contributed by atoms with Crippen LogP contribution in [-0.4, -0.2) is 79.4 Å². The van der Waals surface area contributed by atoms with Crippen LogP contribution < -0.4 is 16.0 Å². The molecule has 2 aliphatic heterocycles. The third kappa shape index (κ3) is 5.21. The molecule has 136 valence electrons. The molecule has 0 radical (unpaired) electrons. The number of nitrogens with one attached hydrogen (secondary N) is 3. The van der Waals surface area contributed by atoms with Crippen molar-refractivity contribution in [1.29, 1.82) is 0 Å². The van der Waals surface area contributed by atoms with Crippen molar-refractivity contribution in [3.05, 3.63) is 0 Å². The molecule has 4 amide bonds. The Labute approximate surface area is 158 Å². The number of urea groups is 1. The van der Waals surface area contributed by atoms with Gasteiger partial charge in [-0.05, 0) is 6.42 Å². The Kier molecular flexibility index (Phi) is 8.22. The van der Waals surface area contributed by atoms with Gasteiger partial charge in [-0.1, -0.05) is 6.92 Å². The largest absolute Gasteiger partial charge is 0.355 e. The number of hydrogen-bond donors (Lipinski definition) is 3. The van der Waals surface area contributed by atoms with E-state index >= 15 is 0 Å². The van der Waals surface area contributed by atoms with E-state index in [1.165, 1.54) is 4.90 Å². The molecule has 9 nitrogen and oxygen atoms in total. The number of aliphatic imine (C=N–C) groups is 1. The van der Waals surface area contributed by atoms with Gasteiger partial charge in [0.15, 0.2) is 5.96 Å². The summed E-state index contributed by atoms with van der Waals surface area (Å²) < 4.78 is 0. The number of rotatable bonds is 5. The number of hydrogen-bond acceptors (Lipinski definition) is 4. The smallest absolute Gasteiger partial charge is 0.324 e. The fraction of sp³-hybridized carbons (Fsp3) is 0.714. The lowest BCUT2D eigenvalue weighted by Crippen LogP contribution is -2.47. The fourth-order valence-corrected chi connectivity index (χ4v) is 2.68. The monoisotopic (exact) mass is 452 g/mol. The van der Waals surface area contributed by atoms with Crippen LogP contribution in [0.2, 0.25) is 0 Å². The lowest BCUT2D eigenvalue weighted by molar-refractivity contribution is -0.129. The minimum absolute atomic E-state index is 0. The summed E-state index contributed by atoms with van der Waals surface area (Å²) in [6, 6.07) is -0.197. The van der Waals surface area contributed by atoms with Crippen LogP contribution in [0, 0.1) is 0 Å². The van der Waals surface area contributed by atoms with Crippen molar-refractivity contribution in [1.82, 2.24) is 25.8 Å². The maximum absolute atomic E-state index is 11.7.